The zero-order valence-electron chi connectivity index (χ0n) is 19.7. The van der Waals surface area contributed by atoms with Crippen LogP contribution in [0.1, 0.15) is 24.0 Å². The minimum Gasteiger partial charge on any atom is -0.378 e. The molecule has 2 aromatic rings. The van der Waals surface area contributed by atoms with Crippen LogP contribution >= 0.6 is 0 Å². The van der Waals surface area contributed by atoms with Gasteiger partial charge in [0.1, 0.15) is 5.82 Å². The Morgan fingerprint density at radius 1 is 1.16 bits per heavy atom. The number of aromatic nitrogens is 1. The lowest BCUT2D eigenvalue weighted by molar-refractivity contribution is -0.115. The third-order valence-electron chi connectivity index (χ3n) is 7.15. The predicted molar refractivity (Wildman–Crippen MR) is 128 cm³/mol. The van der Waals surface area contributed by atoms with Gasteiger partial charge in [0.2, 0.25) is 6.41 Å². The fourth-order valence-electron chi connectivity index (χ4n) is 5.42. The van der Waals surface area contributed by atoms with E-state index in [1.54, 1.807) is 0 Å². The van der Waals surface area contributed by atoms with Gasteiger partial charge in [0, 0.05) is 26.7 Å². The minimum absolute atomic E-state index is 0.0778. The lowest BCUT2D eigenvalue weighted by Gasteiger charge is -2.60. The fourth-order valence-corrected chi connectivity index (χ4v) is 5.42. The zero-order valence-corrected chi connectivity index (χ0v) is 19.7. The molecule has 2 aliphatic rings. The van der Waals surface area contributed by atoms with Gasteiger partial charge in [0.25, 0.3) is 0 Å². The standard InChI is InChI=1S/C25H35N5O2/c1-20-14-23(30-10-12-32-13-11-30)26-15-22(20)29(4)18-24(27-19-31)16-25(17-24,28(2)3)21-8-6-5-7-9-21/h5-9,14-15,19H,10-13,16-18H2,1-4H3,(H,27,31). The largest absolute Gasteiger partial charge is 0.378 e. The van der Waals surface area contributed by atoms with Crippen molar-refractivity contribution in [2.45, 2.75) is 30.8 Å². The lowest BCUT2D eigenvalue weighted by Crippen LogP contribution is -2.70. The van der Waals surface area contributed by atoms with Crippen LogP contribution in [-0.4, -0.2) is 75.8 Å². The second-order valence-corrected chi connectivity index (χ2v) is 9.47. The molecule has 4 rings (SSSR count). The summed E-state index contributed by atoms with van der Waals surface area (Å²) in [7, 11) is 6.34. The lowest BCUT2D eigenvalue weighted by atomic mass is 9.58. The Hall–Kier alpha value is -2.64. The number of anilines is 2. The number of pyridine rings is 1. The molecule has 1 aromatic heterocycles. The van der Waals surface area contributed by atoms with Crippen molar-refractivity contribution >= 4 is 17.9 Å². The van der Waals surface area contributed by atoms with E-state index in [0.717, 1.165) is 63.6 Å². The Balaban J connectivity index is 1.52. The number of carbonyl (C=O) groups is 1. The Labute approximate surface area is 191 Å². The highest BCUT2D eigenvalue weighted by atomic mass is 16.5. The van der Waals surface area contributed by atoms with Crippen LogP contribution in [0.4, 0.5) is 11.5 Å². The van der Waals surface area contributed by atoms with E-state index >= 15 is 0 Å². The molecule has 32 heavy (non-hydrogen) atoms. The minimum atomic E-state index is -0.286. The van der Waals surface area contributed by atoms with Gasteiger partial charge in [-0.3, -0.25) is 9.69 Å². The summed E-state index contributed by atoms with van der Waals surface area (Å²) in [6.07, 6.45) is 4.53. The third kappa shape index (κ3) is 4.19. The van der Waals surface area contributed by atoms with E-state index in [-0.39, 0.29) is 11.1 Å². The Bertz CT molecular complexity index is 921. The fraction of sp³-hybridized carbons (Fsp3) is 0.520. The van der Waals surface area contributed by atoms with Gasteiger partial charge >= 0.3 is 0 Å². The summed E-state index contributed by atoms with van der Waals surface area (Å²) in [5.74, 6) is 1.00. The normalized spacial score (nSPS) is 25.3. The summed E-state index contributed by atoms with van der Waals surface area (Å²) < 4.78 is 5.46. The number of hydrogen-bond acceptors (Lipinski definition) is 6. The van der Waals surface area contributed by atoms with Crippen LogP contribution in [0.2, 0.25) is 0 Å². The van der Waals surface area contributed by atoms with E-state index in [9.17, 15) is 4.79 Å². The van der Waals surface area contributed by atoms with Crippen molar-refractivity contribution in [1.82, 2.24) is 15.2 Å². The van der Waals surface area contributed by atoms with E-state index in [1.807, 2.05) is 12.3 Å². The highest BCUT2D eigenvalue weighted by Crippen LogP contribution is 2.52. The van der Waals surface area contributed by atoms with Crippen LogP contribution in [0, 0.1) is 6.92 Å². The van der Waals surface area contributed by atoms with Gasteiger partial charge < -0.3 is 19.9 Å². The second kappa shape index (κ2) is 9.08. The number of ether oxygens (including phenoxy) is 1. The summed E-state index contributed by atoms with van der Waals surface area (Å²) >= 11 is 0. The number of hydrogen-bond donors (Lipinski definition) is 1. The van der Waals surface area contributed by atoms with Gasteiger partial charge in [0.05, 0.1) is 36.2 Å². The van der Waals surface area contributed by atoms with Crippen LogP contribution in [0.3, 0.4) is 0 Å². The first kappa shape index (κ1) is 22.6. The van der Waals surface area contributed by atoms with E-state index in [1.165, 1.54) is 11.1 Å². The van der Waals surface area contributed by atoms with Gasteiger partial charge in [-0.15, -0.1) is 0 Å². The van der Waals surface area contributed by atoms with E-state index in [2.05, 4.69) is 78.4 Å². The summed E-state index contributed by atoms with van der Waals surface area (Å²) in [4.78, 5) is 23.1. The van der Waals surface area contributed by atoms with Crippen LogP contribution in [0.25, 0.3) is 0 Å². The van der Waals surface area contributed by atoms with Gasteiger partial charge in [-0.1, -0.05) is 30.3 Å². The van der Waals surface area contributed by atoms with Gasteiger partial charge in [-0.25, -0.2) is 4.98 Å². The summed E-state index contributed by atoms with van der Waals surface area (Å²) in [6.45, 7) is 6.11. The number of aryl methyl sites for hydroxylation is 1. The summed E-state index contributed by atoms with van der Waals surface area (Å²) in [5.41, 5.74) is 3.21. The smallest absolute Gasteiger partial charge is 0.207 e. The molecular formula is C25H35N5O2. The number of likely N-dealkylation sites (N-methyl/N-ethyl adjacent to an activating group) is 1. The van der Waals surface area contributed by atoms with E-state index in [4.69, 9.17) is 9.72 Å². The third-order valence-corrected chi connectivity index (χ3v) is 7.15. The van der Waals surface area contributed by atoms with Crippen molar-refractivity contribution in [3.8, 4) is 0 Å². The topological polar surface area (TPSA) is 60.9 Å². The van der Waals surface area contributed by atoms with Crippen molar-refractivity contribution in [2.75, 3.05) is 63.8 Å². The van der Waals surface area contributed by atoms with Crippen molar-refractivity contribution in [1.29, 1.82) is 0 Å². The number of nitrogens with one attached hydrogen (secondary N) is 1. The molecule has 7 nitrogen and oxygen atoms in total. The number of benzene rings is 1. The molecule has 0 bridgehead atoms. The van der Waals surface area contributed by atoms with Crippen molar-refractivity contribution in [3.05, 3.63) is 53.7 Å². The summed E-state index contributed by atoms with van der Waals surface area (Å²) in [6, 6.07) is 12.8. The second-order valence-electron chi connectivity index (χ2n) is 9.47. The molecule has 1 amide bonds. The molecule has 1 saturated heterocycles. The first-order chi connectivity index (χ1) is 15.4. The zero-order chi connectivity index (χ0) is 22.8. The van der Waals surface area contributed by atoms with Crippen molar-refractivity contribution < 1.29 is 9.53 Å². The predicted octanol–water partition coefficient (Wildman–Crippen LogP) is 2.40. The van der Waals surface area contributed by atoms with Crippen molar-refractivity contribution in [2.24, 2.45) is 0 Å². The Morgan fingerprint density at radius 2 is 1.84 bits per heavy atom. The highest BCUT2D eigenvalue weighted by Gasteiger charge is 2.57. The molecule has 0 unspecified atom stereocenters. The number of rotatable bonds is 8. The number of amides is 1. The number of nitrogens with zero attached hydrogens (tertiary/aromatic N) is 4. The molecule has 2 fully saturated rings. The highest BCUT2D eigenvalue weighted by molar-refractivity contribution is 5.58. The van der Waals surface area contributed by atoms with Gasteiger partial charge in [-0.05, 0) is 51.1 Å². The molecule has 172 valence electrons. The van der Waals surface area contributed by atoms with Crippen LogP contribution in [-0.2, 0) is 15.1 Å². The molecule has 7 heteroatoms. The van der Waals surface area contributed by atoms with Crippen molar-refractivity contribution in [3.63, 3.8) is 0 Å². The van der Waals surface area contributed by atoms with Gasteiger partial charge in [0.15, 0.2) is 0 Å². The van der Waals surface area contributed by atoms with E-state index < -0.39 is 0 Å². The van der Waals surface area contributed by atoms with Crippen LogP contribution in [0.15, 0.2) is 42.6 Å². The SMILES string of the molecule is Cc1cc(N2CCOCC2)ncc1N(C)CC1(NC=O)CC(c2ccccc2)(N(C)C)C1. The monoisotopic (exact) mass is 437 g/mol. The average Bonchev–Trinajstić information content (AvgIpc) is 2.77. The maximum absolute atomic E-state index is 11.6. The molecule has 1 aliphatic carbocycles. The molecule has 0 radical (unpaired) electrons. The molecule has 0 spiro atoms. The molecule has 1 aromatic carbocycles. The molecule has 2 heterocycles. The van der Waals surface area contributed by atoms with Gasteiger partial charge in [-0.2, -0.15) is 0 Å². The molecule has 1 saturated carbocycles. The quantitative estimate of drug-likeness (QED) is 0.640. The van der Waals surface area contributed by atoms with E-state index in [0.29, 0.717) is 0 Å². The molecule has 1 N–H and O–H groups in total. The van der Waals surface area contributed by atoms with Crippen LogP contribution < -0.4 is 15.1 Å². The summed E-state index contributed by atoms with van der Waals surface area (Å²) in [5, 5.41) is 3.17. The number of carbonyl (C=O) groups excluding carboxylic acids is 1. The first-order valence-electron chi connectivity index (χ1n) is 11.3. The maximum atomic E-state index is 11.6. The molecular weight excluding hydrogens is 402 g/mol. The van der Waals surface area contributed by atoms with Crippen LogP contribution in [0.5, 0.6) is 0 Å². The average molecular weight is 438 g/mol. The maximum Gasteiger partial charge on any atom is 0.207 e. The Kier molecular flexibility index (Phi) is 6.40. The molecule has 1 aliphatic heterocycles. The molecule has 0 atom stereocenters. The first-order valence-corrected chi connectivity index (χ1v) is 11.3. The number of morpholine rings is 1. The Morgan fingerprint density at radius 3 is 2.44 bits per heavy atom.